The van der Waals surface area contributed by atoms with Crippen molar-refractivity contribution in [1.29, 1.82) is 0 Å². The topological polar surface area (TPSA) is 77.8 Å². The summed E-state index contributed by atoms with van der Waals surface area (Å²) in [6, 6.07) is 0. The van der Waals surface area contributed by atoms with E-state index in [1.54, 1.807) is 0 Å². The van der Waals surface area contributed by atoms with E-state index < -0.39 is 7.82 Å². The van der Waals surface area contributed by atoms with E-state index in [1.165, 1.54) is 0 Å². The molecule has 0 heterocycles. The average molecular weight is 458 g/mol. The first kappa shape index (κ1) is 16.5. The van der Waals surface area contributed by atoms with Crippen LogP contribution in [0.4, 0.5) is 0 Å². The van der Waals surface area contributed by atoms with Crippen LogP contribution in [0.25, 0.3) is 0 Å². The summed E-state index contributed by atoms with van der Waals surface area (Å²) in [4.78, 5) is 21.9. The first-order valence-corrected chi connectivity index (χ1v) is 7.29. The van der Waals surface area contributed by atoms with Gasteiger partial charge in [0.05, 0.1) is 0 Å². The van der Waals surface area contributed by atoms with Crippen LogP contribution in [0.5, 0.6) is 0 Å². The molecule has 1 atom stereocenters. The van der Waals surface area contributed by atoms with Crippen LogP contribution >= 0.6 is 71.5 Å². The second kappa shape index (κ2) is 6.50. The van der Waals surface area contributed by atoms with Crippen LogP contribution in [0.3, 0.4) is 0 Å². The van der Waals surface area contributed by atoms with Crippen molar-refractivity contribution >= 4 is 71.5 Å². The first-order valence-electron chi connectivity index (χ1n) is 2.43. The van der Waals surface area contributed by atoms with E-state index in [1.807, 2.05) is 6.92 Å². The largest absolute Gasteiger partial charge is 0.466 e. The minimum absolute atomic E-state index is 0.146. The molecule has 3 N–H and O–H groups in total. The molecule has 0 aromatic carbocycles. The number of halogens is 4. The van der Waals surface area contributed by atoms with Gasteiger partial charge in [0.2, 0.25) is 0 Å². The quantitative estimate of drug-likeness (QED) is 0.386. The Balaban J connectivity index is 0. The Labute approximate surface area is 104 Å². The molecule has 0 fully saturated rings. The van der Waals surface area contributed by atoms with Gasteiger partial charge in [-0.3, -0.25) is 0 Å². The molecule has 0 saturated carbocycles. The van der Waals surface area contributed by atoms with Crippen molar-refractivity contribution in [3.05, 3.63) is 0 Å². The van der Waals surface area contributed by atoms with Gasteiger partial charge in [-0.2, -0.15) is 0 Å². The molecule has 0 bridgehead atoms. The summed E-state index contributed by atoms with van der Waals surface area (Å²) in [5.74, 6) is 0. The molecule has 76 valence electrons. The highest BCUT2D eigenvalue weighted by molar-refractivity contribution is 9.40. The third-order valence-corrected chi connectivity index (χ3v) is 5.04. The van der Waals surface area contributed by atoms with Gasteiger partial charge in [-0.15, -0.1) is 0 Å². The molecule has 1 unspecified atom stereocenters. The Hall–Kier alpha value is 2.03. The minimum atomic E-state index is -4.64. The summed E-state index contributed by atoms with van der Waals surface area (Å²) in [6.45, 7) is 2.03. The van der Waals surface area contributed by atoms with Crippen LogP contribution in [-0.4, -0.2) is 21.7 Å². The summed E-state index contributed by atoms with van der Waals surface area (Å²) in [5.41, 5.74) is 0. The zero-order chi connectivity index (χ0) is 10.6. The zero-order valence-electron chi connectivity index (χ0n) is 5.79. The van der Waals surface area contributed by atoms with Crippen LogP contribution in [0.1, 0.15) is 6.92 Å². The molecular weight excluding hydrogens is 451 g/mol. The Morgan fingerprint density at radius 1 is 1.25 bits per heavy atom. The molecule has 0 aliphatic rings. The third kappa shape index (κ3) is 22.7. The van der Waals surface area contributed by atoms with Crippen molar-refractivity contribution in [2.75, 3.05) is 0 Å². The molecule has 0 aliphatic heterocycles. The second-order valence-corrected chi connectivity index (χ2v) is 11.0. The predicted molar refractivity (Wildman–Crippen MR) is 62.2 cm³/mol. The van der Waals surface area contributed by atoms with Crippen molar-refractivity contribution < 1.29 is 19.2 Å². The molecule has 0 aliphatic carbocycles. The Morgan fingerprint density at radius 3 is 1.33 bits per heavy atom. The summed E-state index contributed by atoms with van der Waals surface area (Å²) in [7, 11) is -4.64. The van der Waals surface area contributed by atoms with Crippen molar-refractivity contribution in [2.24, 2.45) is 0 Å². The van der Waals surface area contributed by atoms with Crippen LogP contribution in [-0.2, 0) is 4.57 Å². The summed E-state index contributed by atoms with van der Waals surface area (Å²) in [5, 5.41) is 0. The van der Waals surface area contributed by atoms with Gasteiger partial charge in [-0.25, -0.2) is 4.57 Å². The highest BCUT2D eigenvalue weighted by Crippen LogP contribution is 2.40. The number of phosphoric acid groups is 1. The summed E-state index contributed by atoms with van der Waals surface area (Å²) >= 11 is 13.3. The number of hydrogen-bond acceptors (Lipinski definition) is 1. The van der Waals surface area contributed by atoms with Crippen LogP contribution in [0.2, 0.25) is 0 Å². The Bertz CT molecular complexity index is 152. The minimum Gasteiger partial charge on any atom is -0.303 e. The van der Waals surface area contributed by atoms with Gasteiger partial charge in [0, 0.05) is 4.83 Å². The van der Waals surface area contributed by atoms with Crippen molar-refractivity contribution in [3.8, 4) is 0 Å². The monoisotopic (exact) mass is 454 g/mol. The predicted octanol–water partition coefficient (Wildman–Crippen LogP) is 2.68. The Morgan fingerprint density at radius 2 is 1.33 bits per heavy atom. The Kier molecular flexibility index (Phi) is 8.92. The van der Waals surface area contributed by atoms with Gasteiger partial charge < -0.3 is 14.7 Å². The maximum atomic E-state index is 8.88. The first-order chi connectivity index (χ1) is 4.94. The number of hydrogen-bond donors (Lipinski definition) is 3. The fraction of sp³-hybridized carbons (Fsp3) is 1.00. The lowest BCUT2D eigenvalue weighted by Crippen LogP contribution is -2.11. The molecular formula is C3H7Br4O4P. The fourth-order valence-corrected chi connectivity index (χ4v) is 0. The highest BCUT2D eigenvalue weighted by atomic mass is 80.0. The molecule has 12 heavy (non-hydrogen) atoms. The standard InChI is InChI=1S/C3H4Br4.H3O4P/c1-2(4)3(5,6)7;1-5(2,3)4/h2H,1H3;(H3,1,2,3,4). The molecule has 0 spiro atoms. The lowest BCUT2D eigenvalue weighted by atomic mass is 10.6. The van der Waals surface area contributed by atoms with E-state index >= 15 is 0 Å². The number of alkyl halides is 4. The van der Waals surface area contributed by atoms with Gasteiger partial charge in [0.25, 0.3) is 0 Å². The maximum absolute atomic E-state index is 8.88. The average Bonchev–Trinajstić information content (AvgIpc) is 1.55. The van der Waals surface area contributed by atoms with Gasteiger partial charge >= 0.3 is 7.82 Å². The van der Waals surface area contributed by atoms with Crippen LogP contribution in [0.15, 0.2) is 0 Å². The molecule has 0 aromatic heterocycles. The SMILES string of the molecule is CC(Br)C(Br)(Br)Br.O=P(O)(O)O. The molecule has 9 heteroatoms. The van der Waals surface area contributed by atoms with E-state index in [4.69, 9.17) is 19.2 Å². The van der Waals surface area contributed by atoms with Crippen molar-refractivity contribution in [3.63, 3.8) is 0 Å². The van der Waals surface area contributed by atoms with E-state index in [2.05, 4.69) is 63.7 Å². The second-order valence-electron chi connectivity index (χ2n) is 1.67. The lowest BCUT2D eigenvalue weighted by molar-refractivity contribution is 0.275. The third-order valence-electron chi connectivity index (χ3n) is 0.451. The van der Waals surface area contributed by atoms with E-state index in [0.717, 1.165) is 0 Å². The molecule has 0 radical (unpaired) electrons. The van der Waals surface area contributed by atoms with Crippen LogP contribution < -0.4 is 0 Å². The van der Waals surface area contributed by atoms with Gasteiger partial charge in [-0.05, 0) is 6.92 Å². The molecule has 0 aromatic rings. The maximum Gasteiger partial charge on any atom is 0.466 e. The summed E-state index contributed by atoms with van der Waals surface area (Å²) in [6.07, 6.45) is 0. The van der Waals surface area contributed by atoms with Gasteiger partial charge in [0.15, 0.2) is 0 Å². The van der Waals surface area contributed by atoms with Crippen molar-refractivity contribution in [2.45, 2.75) is 13.9 Å². The fourth-order valence-electron chi connectivity index (χ4n) is 0. The lowest BCUT2D eigenvalue weighted by Gasteiger charge is -2.13. The number of rotatable bonds is 0. The highest BCUT2D eigenvalue weighted by Gasteiger charge is 2.23. The summed E-state index contributed by atoms with van der Waals surface area (Å²) < 4.78 is 8.74. The van der Waals surface area contributed by atoms with Crippen molar-refractivity contribution in [1.82, 2.24) is 0 Å². The van der Waals surface area contributed by atoms with E-state index in [-0.39, 0.29) is 2.14 Å². The molecule has 0 rings (SSSR count). The smallest absolute Gasteiger partial charge is 0.303 e. The zero-order valence-corrected chi connectivity index (χ0v) is 13.0. The molecule has 0 amide bonds. The van der Waals surface area contributed by atoms with E-state index in [9.17, 15) is 0 Å². The normalized spacial score (nSPS) is 14.7. The van der Waals surface area contributed by atoms with E-state index in [0.29, 0.717) is 4.83 Å². The van der Waals surface area contributed by atoms with Gasteiger partial charge in [-0.1, -0.05) is 63.7 Å². The van der Waals surface area contributed by atoms with Gasteiger partial charge in [0.1, 0.15) is 2.14 Å². The van der Waals surface area contributed by atoms with Crippen LogP contribution in [0, 0.1) is 0 Å². The molecule has 4 nitrogen and oxygen atoms in total. The molecule has 0 saturated heterocycles.